The summed E-state index contributed by atoms with van der Waals surface area (Å²) in [5.41, 5.74) is 2.86. The summed E-state index contributed by atoms with van der Waals surface area (Å²) in [7, 11) is 0. The summed E-state index contributed by atoms with van der Waals surface area (Å²) in [5, 5.41) is 0. The Morgan fingerprint density at radius 1 is 1.21 bits per heavy atom. The number of likely N-dealkylation sites (tertiary alicyclic amines) is 1. The second-order valence-electron chi connectivity index (χ2n) is 8.91. The van der Waals surface area contributed by atoms with Gasteiger partial charge < -0.3 is 9.72 Å². The van der Waals surface area contributed by atoms with Crippen molar-refractivity contribution >= 4 is 11.2 Å². The molecule has 1 aliphatic carbocycles. The quantitative estimate of drug-likeness (QED) is 0.849. The van der Waals surface area contributed by atoms with Gasteiger partial charge in [0.05, 0.1) is 11.6 Å². The molecule has 0 bridgehead atoms. The van der Waals surface area contributed by atoms with Crippen LogP contribution in [0.4, 0.5) is 0 Å². The first-order chi connectivity index (χ1) is 13.5. The van der Waals surface area contributed by atoms with Crippen LogP contribution in [0, 0.1) is 6.92 Å². The lowest BCUT2D eigenvalue weighted by Crippen LogP contribution is -2.53. The molecule has 2 aliphatic rings. The molecule has 154 valence electrons. The maximum absolute atomic E-state index is 12.6. The number of nitrogens with one attached hydrogen (secondary N) is 1. The third kappa shape index (κ3) is 3.77. The molecule has 6 heteroatoms. The molecule has 2 fully saturated rings. The molecule has 6 nitrogen and oxygen atoms in total. The molecule has 0 amide bonds. The van der Waals surface area contributed by atoms with Crippen LogP contribution < -0.4 is 5.69 Å². The fourth-order valence-corrected chi connectivity index (χ4v) is 5.08. The van der Waals surface area contributed by atoms with Gasteiger partial charge in [0.2, 0.25) is 0 Å². The van der Waals surface area contributed by atoms with Crippen LogP contribution in [0.25, 0.3) is 11.2 Å². The molecule has 1 N–H and O–H groups in total. The van der Waals surface area contributed by atoms with Gasteiger partial charge in [-0.1, -0.05) is 6.92 Å². The van der Waals surface area contributed by atoms with E-state index in [4.69, 9.17) is 4.74 Å². The molecular weight excluding hydrogens is 352 g/mol. The molecule has 0 radical (unpaired) electrons. The number of piperidine rings is 1. The van der Waals surface area contributed by atoms with Crippen LogP contribution >= 0.6 is 0 Å². The zero-order valence-electron chi connectivity index (χ0n) is 17.5. The topological polar surface area (TPSA) is 63.1 Å². The number of hydrogen-bond donors (Lipinski definition) is 1. The van der Waals surface area contributed by atoms with Crippen molar-refractivity contribution in [3.8, 4) is 0 Å². The summed E-state index contributed by atoms with van der Waals surface area (Å²) in [4.78, 5) is 22.8. The maximum atomic E-state index is 12.6. The Balaban J connectivity index is 1.41. The van der Waals surface area contributed by atoms with Crippen molar-refractivity contribution in [3.63, 3.8) is 0 Å². The molecule has 1 aliphatic heterocycles. The minimum absolute atomic E-state index is 0.0219. The SMILES string of the molecule is CCCO[C@H]1CC[C@](C)(N2CCC(n3c(=O)[nH]c4ccc(C)nc43)CC2)CC1. The van der Waals surface area contributed by atoms with Gasteiger partial charge in [0, 0.05) is 37.0 Å². The van der Waals surface area contributed by atoms with E-state index in [0.717, 1.165) is 55.8 Å². The van der Waals surface area contributed by atoms with E-state index in [9.17, 15) is 4.79 Å². The summed E-state index contributed by atoms with van der Waals surface area (Å²) in [6.07, 6.45) is 8.32. The zero-order chi connectivity index (χ0) is 19.7. The predicted molar refractivity (Wildman–Crippen MR) is 112 cm³/mol. The van der Waals surface area contributed by atoms with Gasteiger partial charge in [-0.2, -0.15) is 0 Å². The van der Waals surface area contributed by atoms with E-state index in [2.05, 4.69) is 28.7 Å². The van der Waals surface area contributed by atoms with Crippen molar-refractivity contribution < 1.29 is 4.74 Å². The Hall–Kier alpha value is -1.66. The van der Waals surface area contributed by atoms with Crippen LogP contribution in [-0.2, 0) is 4.74 Å². The summed E-state index contributed by atoms with van der Waals surface area (Å²) in [6, 6.07) is 4.15. The maximum Gasteiger partial charge on any atom is 0.327 e. The van der Waals surface area contributed by atoms with Crippen LogP contribution in [0.3, 0.4) is 0 Å². The average molecular weight is 387 g/mol. The Labute approximate surface area is 167 Å². The molecule has 1 saturated carbocycles. The van der Waals surface area contributed by atoms with E-state index < -0.39 is 0 Å². The zero-order valence-corrected chi connectivity index (χ0v) is 17.5. The molecule has 0 aromatic carbocycles. The normalized spacial score (nSPS) is 27.5. The predicted octanol–water partition coefficient (Wildman–Crippen LogP) is 3.80. The third-order valence-electron chi connectivity index (χ3n) is 6.86. The second-order valence-corrected chi connectivity index (χ2v) is 8.91. The van der Waals surface area contributed by atoms with E-state index in [-0.39, 0.29) is 17.3 Å². The Bertz CT molecular complexity index is 855. The van der Waals surface area contributed by atoms with E-state index in [1.165, 1.54) is 25.7 Å². The number of imidazole rings is 1. The van der Waals surface area contributed by atoms with E-state index >= 15 is 0 Å². The van der Waals surface area contributed by atoms with E-state index in [1.54, 1.807) is 0 Å². The highest BCUT2D eigenvalue weighted by molar-refractivity contribution is 5.70. The highest BCUT2D eigenvalue weighted by Gasteiger charge is 2.38. The third-order valence-corrected chi connectivity index (χ3v) is 6.86. The smallest absolute Gasteiger partial charge is 0.327 e. The molecule has 4 rings (SSSR count). The van der Waals surface area contributed by atoms with Crippen molar-refractivity contribution in [1.82, 2.24) is 19.4 Å². The molecule has 0 unspecified atom stereocenters. The van der Waals surface area contributed by atoms with Crippen LogP contribution in [0.2, 0.25) is 0 Å². The number of aryl methyl sites for hydroxylation is 1. The van der Waals surface area contributed by atoms with Crippen molar-refractivity contribution in [1.29, 1.82) is 0 Å². The van der Waals surface area contributed by atoms with Gasteiger partial charge in [-0.3, -0.25) is 9.47 Å². The first-order valence-electron chi connectivity index (χ1n) is 10.9. The van der Waals surface area contributed by atoms with Gasteiger partial charge in [-0.05, 0) is 70.9 Å². The van der Waals surface area contributed by atoms with Crippen molar-refractivity contribution in [3.05, 3.63) is 28.3 Å². The number of aromatic amines is 1. The number of rotatable bonds is 5. The fourth-order valence-electron chi connectivity index (χ4n) is 5.08. The van der Waals surface area contributed by atoms with Gasteiger partial charge in [-0.25, -0.2) is 9.78 Å². The standard InChI is InChI=1S/C22H34N4O2/c1-4-15-28-18-7-11-22(3,12-8-18)25-13-9-17(10-14-25)26-20-19(24-21(26)27)6-5-16(2)23-20/h5-6,17-18H,4,7-15H2,1-3H3,(H,24,27)/t18-,22-. The molecule has 0 atom stereocenters. The van der Waals surface area contributed by atoms with Crippen molar-refractivity contribution in [2.24, 2.45) is 0 Å². The highest BCUT2D eigenvalue weighted by atomic mass is 16.5. The minimum atomic E-state index is -0.0219. The minimum Gasteiger partial charge on any atom is -0.378 e. The number of ether oxygens (including phenoxy) is 1. The lowest BCUT2D eigenvalue weighted by atomic mass is 9.79. The number of fused-ring (bicyclic) bond motifs is 1. The Morgan fingerprint density at radius 2 is 1.93 bits per heavy atom. The number of aromatic nitrogens is 3. The number of hydrogen-bond acceptors (Lipinski definition) is 4. The molecule has 28 heavy (non-hydrogen) atoms. The lowest BCUT2D eigenvalue weighted by molar-refractivity contribution is -0.0305. The number of nitrogens with zero attached hydrogens (tertiary/aromatic N) is 3. The lowest BCUT2D eigenvalue weighted by Gasteiger charge is -2.48. The summed E-state index contributed by atoms with van der Waals surface area (Å²) in [5.74, 6) is 0. The highest BCUT2D eigenvalue weighted by Crippen LogP contribution is 2.37. The molecule has 0 spiro atoms. The monoisotopic (exact) mass is 386 g/mol. The van der Waals surface area contributed by atoms with Gasteiger partial charge in [-0.15, -0.1) is 0 Å². The van der Waals surface area contributed by atoms with E-state index in [1.807, 2.05) is 23.6 Å². The first kappa shape index (κ1) is 19.6. The van der Waals surface area contributed by atoms with Crippen LogP contribution in [0.15, 0.2) is 16.9 Å². The summed E-state index contributed by atoms with van der Waals surface area (Å²) in [6.45, 7) is 9.56. The molecule has 3 heterocycles. The summed E-state index contributed by atoms with van der Waals surface area (Å²) >= 11 is 0. The largest absolute Gasteiger partial charge is 0.378 e. The van der Waals surface area contributed by atoms with Gasteiger partial charge in [0.1, 0.15) is 0 Å². The first-order valence-corrected chi connectivity index (χ1v) is 10.9. The van der Waals surface area contributed by atoms with Gasteiger partial charge in [0.25, 0.3) is 0 Å². The molecular formula is C22H34N4O2. The van der Waals surface area contributed by atoms with Crippen LogP contribution in [-0.4, -0.2) is 50.8 Å². The van der Waals surface area contributed by atoms with Gasteiger partial charge >= 0.3 is 5.69 Å². The number of H-pyrrole nitrogens is 1. The Morgan fingerprint density at radius 3 is 2.61 bits per heavy atom. The molecule has 1 saturated heterocycles. The molecule has 2 aromatic heterocycles. The second kappa shape index (κ2) is 7.99. The average Bonchev–Trinajstić information content (AvgIpc) is 3.02. The molecule has 2 aromatic rings. The van der Waals surface area contributed by atoms with Gasteiger partial charge in [0.15, 0.2) is 5.65 Å². The van der Waals surface area contributed by atoms with Crippen LogP contribution in [0.1, 0.15) is 70.5 Å². The van der Waals surface area contributed by atoms with Crippen LogP contribution in [0.5, 0.6) is 0 Å². The van der Waals surface area contributed by atoms with Crippen molar-refractivity contribution in [2.45, 2.75) is 83.4 Å². The summed E-state index contributed by atoms with van der Waals surface area (Å²) < 4.78 is 7.88. The Kier molecular flexibility index (Phi) is 5.61. The van der Waals surface area contributed by atoms with Crippen molar-refractivity contribution in [2.75, 3.05) is 19.7 Å². The fraction of sp³-hybridized carbons (Fsp3) is 0.727. The number of pyridine rings is 1. The van der Waals surface area contributed by atoms with E-state index in [0.29, 0.717) is 6.10 Å².